The summed E-state index contributed by atoms with van der Waals surface area (Å²) in [6.45, 7) is 1.77. The summed E-state index contributed by atoms with van der Waals surface area (Å²) in [7, 11) is 1.61. The second-order valence-corrected chi connectivity index (χ2v) is 7.73. The topological polar surface area (TPSA) is 60.9 Å². The zero-order valence-electron chi connectivity index (χ0n) is 15.7. The van der Waals surface area contributed by atoms with Gasteiger partial charge in [0.05, 0.1) is 12.6 Å². The first kappa shape index (κ1) is 19.7. The first-order valence-corrected chi connectivity index (χ1v) is 9.48. The first-order chi connectivity index (χ1) is 12.8. The van der Waals surface area contributed by atoms with Gasteiger partial charge in [-0.1, -0.05) is 18.9 Å². The van der Waals surface area contributed by atoms with Gasteiger partial charge in [-0.15, -0.1) is 0 Å². The van der Waals surface area contributed by atoms with Gasteiger partial charge < -0.3 is 10.0 Å². The van der Waals surface area contributed by atoms with E-state index in [1.54, 1.807) is 14.0 Å². The zero-order chi connectivity index (χ0) is 19.7. The van der Waals surface area contributed by atoms with Crippen molar-refractivity contribution < 1.29 is 23.5 Å². The maximum Gasteiger partial charge on any atom is 0.320 e. The predicted octanol–water partition coefficient (Wildman–Crippen LogP) is 3.20. The van der Waals surface area contributed by atoms with Gasteiger partial charge in [0.1, 0.15) is 6.04 Å². The lowest BCUT2D eigenvalue weighted by atomic mass is 9.85. The van der Waals surface area contributed by atoms with Gasteiger partial charge in [0.25, 0.3) is 0 Å². The second-order valence-electron chi connectivity index (χ2n) is 7.73. The number of aliphatic carboxylic acids is 1. The van der Waals surface area contributed by atoms with E-state index in [4.69, 9.17) is 0 Å². The molecule has 2 aliphatic rings. The highest BCUT2D eigenvalue weighted by Gasteiger charge is 2.46. The van der Waals surface area contributed by atoms with Crippen molar-refractivity contribution in [3.8, 4) is 0 Å². The number of carbonyl (C=O) groups is 2. The van der Waals surface area contributed by atoms with Gasteiger partial charge in [0.15, 0.2) is 11.6 Å². The molecule has 1 saturated heterocycles. The molecule has 1 aromatic rings. The number of rotatable bonds is 5. The Morgan fingerprint density at radius 3 is 2.63 bits per heavy atom. The lowest BCUT2D eigenvalue weighted by molar-refractivity contribution is -0.144. The monoisotopic (exact) mass is 380 g/mol. The third kappa shape index (κ3) is 3.98. The average Bonchev–Trinajstić information content (AvgIpc) is 3.01. The van der Waals surface area contributed by atoms with Crippen LogP contribution in [0.25, 0.3) is 0 Å². The van der Waals surface area contributed by atoms with Crippen molar-refractivity contribution in [2.24, 2.45) is 5.92 Å². The van der Waals surface area contributed by atoms with Gasteiger partial charge >= 0.3 is 5.97 Å². The lowest BCUT2D eigenvalue weighted by Crippen LogP contribution is -2.48. The van der Waals surface area contributed by atoms with Crippen molar-refractivity contribution in [1.82, 2.24) is 9.80 Å². The quantitative estimate of drug-likeness (QED) is 0.852. The normalized spacial score (nSPS) is 26.4. The van der Waals surface area contributed by atoms with Crippen LogP contribution in [0, 0.1) is 17.6 Å². The molecule has 27 heavy (non-hydrogen) atoms. The third-order valence-corrected chi connectivity index (χ3v) is 6.22. The summed E-state index contributed by atoms with van der Waals surface area (Å²) >= 11 is 0. The van der Waals surface area contributed by atoms with Crippen molar-refractivity contribution in [3.05, 3.63) is 35.4 Å². The molecule has 1 aliphatic heterocycles. The van der Waals surface area contributed by atoms with Crippen molar-refractivity contribution in [2.75, 3.05) is 13.6 Å². The van der Waals surface area contributed by atoms with Crippen LogP contribution in [0.3, 0.4) is 0 Å². The van der Waals surface area contributed by atoms with E-state index in [0.29, 0.717) is 17.9 Å². The fourth-order valence-corrected chi connectivity index (χ4v) is 4.50. The van der Waals surface area contributed by atoms with E-state index in [1.165, 1.54) is 11.0 Å². The van der Waals surface area contributed by atoms with Crippen molar-refractivity contribution in [3.63, 3.8) is 0 Å². The molecule has 4 unspecified atom stereocenters. The van der Waals surface area contributed by atoms with Crippen molar-refractivity contribution in [1.29, 1.82) is 0 Å². The highest BCUT2D eigenvalue weighted by Crippen LogP contribution is 2.39. The minimum absolute atomic E-state index is 0.0304. The molecule has 148 valence electrons. The Morgan fingerprint density at radius 1 is 1.26 bits per heavy atom. The molecule has 2 fully saturated rings. The standard InChI is InChI=1S/C20H26F2N2O3/c1-12(13-7-8-15(21)16(22)9-13)23(2)19(25)11-24-17-6-4-3-5-14(17)10-18(24)20(26)27/h7-9,12,14,17-18H,3-6,10-11H2,1-2H3,(H,26,27). The largest absolute Gasteiger partial charge is 0.480 e. The van der Waals surface area contributed by atoms with Crippen LogP contribution < -0.4 is 0 Å². The van der Waals surface area contributed by atoms with E-state index < -0.39 is 29.7 Å². The molecular weight excluding hydrogens is 354 g/mol. The maximum atomic E-state index is 13.5. The Morgan fingerprint density at radius 2 is 1.96 bits per heavy atom. The van der Waals surface area contributed by atoms with E-state index in [9.17, 15) is 23.5 Å². The first-order valence-electron chi connectivity index (χ1n) is 9.48. The van der Waals surface area contributed by atoms with Gasteiger partial charge in [-0.2, -0.15) is 0 Å². The number of carboxylic acid groups (broad SMARTS) is 1. The predicted molar refractivity (Wildman–Crippen MR) is 96.0 cm³/mol. The highest BCUT2D eigenvalue weighted by atomic mass is 19.2. The molecule has 3 rings (SSSR count). The molecule has 5 nitrogen and oxygen atoms in total. The highest BCUT2D eigenvalue weighted by molar-refractivity contribution is 5.80. The van der Waals surface area contributed by atoms with Crippen LogP contribution >= 0.6 is 0 Å². The molecule has 1 heterocycles. The molecule has 0 bridgehead atoms. The van der Waals surface area contributed by atoms with Crippen LogP contribution in [0.1, 0.15) is 50.6 Å². The fraction of sp³-hybridized carbons (Fsp3) is 0.600. The Bertz CT molecular complexity index is 727. The lowest BCUT2D eigenvalue weighted by Gasteiger charge is -2.34. The van der Waals surface area contributed by atoms with Gasteiger partial charge in [-0.25, -0.2) is 8.78 Å². The SMILES string of the molecule is CC(c1ccc(F)c(F)c1)N(C)C(=O)CN1C(C(=O)O)CC2CCCCC21. The van der Waals surface area contributed by atoms with Crippen molar-refractivity contribution in [2.45, 2.75) is 57.2 Å². The number of amides is 1. The minimum atomic E-state index is -0.948. The van der Waals surface area contributed by atoms with E-state index >= 15 is 0 Å². The van der Waals surface area contributed by atoms with E-state index in [1.807, 2.05) is 4.90 Å². The Kier molecular flexibility index (Phi) is 5.79. The Balaban J connectivity index is 1.72. The zero-order valence-corrected chi connectivity index (χ0v) is 15.7. The molecule has 0 radical (unpaired) electrons. The number of fused-ring (bicyclic) bond motifs is 1. The molecule has 4 atom stereocenters. The van der Waals surface area contributed by atoms with Crippen LogP contribution in [0.5, 0.6) is 0 Å². The molecular formula is C20H26F2N2O3. The van der Waals surface area contributed by atoms with Gasteiger partial charge in [0, 0.05) is 13.1 Å². The summed E-state index contributed by atoms with van der Waals surface area (Å²) < 4.78 is 26.7. The summed E-state index contributed by atoms with van der Waals surface area (Å²) in [5.74, 6) is -2.64. The molecule has 1 aliphatic carbocycles. The molecule has 0 aromatic heterocycles. The number of hydrogen-bond acceptors (Lipinski definition) is 3. The molecule has 1 saturated carbocycles. The van der Waals surface area contributed by atoms with Crippen LogP contribution in [0.2, 0.25) is 0 Å². The van der Waals surface area contributed by atoms with Gasteiger partial charge in [0.2, 0.25) is 5.91 Å². The number of halogens is 2. The summed E-state index contributed by atoms with van der Waals surface area (Å²) in [6.07, 6.45) is 4.70. The van der Waals surface area contributed by atoms with Crippen molar-refractivity contribution >= 4 is 11.9 Å². The number of carbonyl (C=O) groups excluding carboxylic acids is 1. The molecule has 7 heteroatoms. The van der Waals surface area contributed by atoms with Crippen LogP contribution in [0.4, 0.5) is 8.78 Å². The van der Waals surface area contributed by atoms with Crippen LogP contribution in [-0.4, -0.2) is 52.5 Å². The summed E-state index contributed by atoms with van der Waals surface area (Å²) in [6, 6.07) is 2.66. The number of likely N-dealkylation sites (N-methyl/N-ethyl adjacent to an activating group) is 1. The van der Waals surface area contributed by atoms with Gasteiger partial charge in [-0.05, 0) is 49.8 Å². The molecule has 1 amide bonds. The Hall–Kier alpha value is -2.02. The summed E-state index contributed by atoms with van der Waals surface area (Å²) in [4.78, 5) is 27.8. The number of benzene rings is 1. The van der Waals surface area contributed by atoms with E-state index in [2.05, 4.69) is 0 Å². The smallest absolute Gasteiger partial charge is 0.320 e. The molecule has 1 aromatic carbocycles. The number of nitrogens with zero attached hydrogens (tertiary/aromatic N) is 2. The van der Waals surface area contributed by atoms with Gasteiger partial charge in [-0.3, -0.25) is 14.5 Å². The van der Waals surface area contributed by atoms with Crippen LogP contribution in [-0.2, 0) is 9.59 Å². The summed E-state index contributed by atoms with van der Waals surface area (Å²) in [5.41, 5.74) is 0.497. The number of carboxylic acids is 1. The minimum Gasteiger partial charge on any atom is -0.480 e. The number of hydrogen-bond donors (Lipinski definition) is 1. The fourth-order valence-electron chi connectivity index (χ4n) is 4.50. The summed E-state index contributed by atoms with van der Waals surface area (Å²) in [5, 5.41) is 9.58. The van der Waals surface area contributed by atoms with E-state index in [0.717, 1.165) is 37.8 Å². The number of likely N-dealkylation sites (tertiary alicyclic amines) is 1. The average molecular weight is 380 g/mol. The maximum absolute atomic E-state index is 13.5. The molecule has 1 N–H and O–H groups in total. The Labute approximate surface area is 157 Å². The van der Waals surface area contributed by atoms with E-state index in [-0.39, 0.29) is 18.5 Å². The second kappa shape index (κ2) is 7.92. The van der Waals surface area contributed by atoms with Crippen LogP contribution in [0.15, 0.2) is 18.2 Å². The third-order valence-electron chi connectivity index (χ3n) is 6.22. The molecule has 0 spiro atoms.